The predicted octanol–water partition coefficient (Wildman–Crippen LogP) is 1.28. The molecule has 2 heterocycles. The van der Waals surface area contributed by atoms with Crippen molar-refractivity contribution in [3.63, 3.8) is 0 Å². The number of H-pyrrole nitrogens is 1. The number of benzene rings is 2. The summed E-state index contributed by atoms with van der Waals surface area (Å²) >= 11 is 0. The molecule has 0 fully saturated rings. The van der Waals surface area contributed by atoms with Gasteiger partial charge >= 0.3 is 5.69 Å². The zero-order valence-corrected chi connectivity index (χ0v) is 19.7. The summed E-state index contributed by atoms with van der Waals surface area (Å²) < 4.78 is 8.30. The maximum Gasteiger partial charge on any atom is 0.329 e. The predicted molar refractivity (Wildman–Crippen MR) is 134 cm³/mol. The second kappa shape index (κ2) is 10.4. The smallest absolute Gasteiger partial charge is 0.329 e. The number of fused-ring (bicyclic) bond motifs is 1. The van der Waals surface area contributed by atoms with Crippen LogP contribution in [0, 0.1) is 0 Å². The number of aromatic hydroxyl groups is 2. The first-order chi connectivity index (χ1) is 17.3. The van der Waals surface area contributed by atoms with Gasteiger partial charge in [-0.3, -0.25) is 14.3 Å². The molecular formula is C24H26N6O6. The quantitative estimate of drug-likeness (QED) is 0.171. The van der Waals surface area contributed by atoms with Crippen LogP contribution in [-0.4, -0.2) is 53.3 Å². The van der Waals surface area contributed by atoms with Gasteiger partial charge in [-0.05, 0) is 36.2 Å². The van der Waals surface area contributed by atoms with E-state index in [1.165, 1.54) is 40.6 Å². The summed E-state index contributed by atoms with van der Waals surface area (Å²) in [5.74, 6) is 0.406. The number of aromatic nitrogens is 4. The monoisotopic (exact) mass is 494 g/mol. The molecule has 0 spiro atoms. The fourth-order valence-electron chi connectivity index (χ4n) is 3.61. The first-order valence-electron chi connectivity index (χ1n) is 11.2. The van der Waals surface area contributed by atoms with Crippen LogP contribution < -0.4 is 21.4 Å². The highest BCUT2D eigenvalue weighted by Gasteiger charge is 2.20. The Hall–Kier alpha value is -4.58. The van der Waals surface area contributed by atoms with Crippen LogP contribution in [0.15, 0.2) is 57.2 Å². The number of ether oxygens (including phenoxy) is 1. The highest BCUT2D eigenvalue weighted by atomic mass is 16.5. The van der Waals surface area contributed by atoms with Gasteiger partial charge in [0.2, 0.25) is 5.95 Å². The van der Waals surface area contributed by atoms with E-state index in [1.807, 2.05) is 25.1 Å². The van der Waals surface area contributed by atoms with E-state index in [1.54, 1.807) is 6.07 Å². The van der Waals surface area contributed by atoms with Crippen molar-refractivity contribution in [2.45, 2.75) is 26.0 Å². The van der Waals surface area contributed by atoms with Gasteiger partial charge in [0.25, 0.3) is 5.56 Å². The molecular weight excluding hydrogens is 468 g/mol. The fourth-order valence-corrected chi connectivity index (χ4v) is 3.61. The summed E-state index contributed by atoms with van der Waals surface area (Å²) in [6.45, 7) is 1.89. The molecule has 2 aromatic heterocycles. The number of phenolic OH excluding ortho intramolecular Hbond substituents is 2. The lowest BCUT2D eigenvalue weighted by molar-refractivity contribution is 0.0938. The van der Waals surface area contributed by atoms with E-state index in [-0.39, 0.29) is 41.8 Å². The number of anilines is 1. The number of nitrogens with one attached hydrogen (secondary N) is 2. The molecule has 0 aliphatic rings. The van der Waals surface area contributed by atoms with Crippen molar-refractivity contribution in [1.29, 1.82) is 0 Å². The maximum atomic E-state index is 12.6. The molecule has 2 aromatic carbocycles. The van der Waals surface area contributed by atoms with Gasteiger partial charge in [0.1, 0.15) is 30.0 Å². The third kappa shape index (κ3) is 5.23. The fraction of sp³-hybridized carbons (Fsp3) is 0.250. The standard InChI is InChI=1S/C24H26N6O6/c1-3-14-5-4-6-18(9-14)36-13-17(32)12-30-20-21(29(2)24(35)27-22(20)34)26-23(30)28-25-11-15-7-8-16(31)10-19(15)33/h4-11,17,31-33H,3,12-13H2,1-2H3,(H,26,28)(H,27,34,35). The van der Waals surface area contributed by atoms with Crippen LogP contribution in [-0.2, 0) is 20.0 Å². The highest BCUT2D eigenvalue weighted by Crippen LogP contribution is 2.21. The Morgan fingerprint density at radius 3 is 2.78 bits per heavy atom. The minimum atomic E-state index is -1.03. The molecule has 0 saturated carbocycles. The molecule has 12 nitrogen and oxygen atoms in total. The van der Waals surface area contributed by atoms with Gasteiger partial charge in [0, 0.05) is 18.7 Å². The van der Waals surface area contributed by atoms with E-state index >= 15 is 0 Å². The molecule has 0 aliphatic heterocycles. The summed E-state index contributed by atoms with van der Waals surface area (Å²) in [5, 5.41) is 34.1. The number of nitrogens with zero attached hydrogens (tertiary/aromatic N) is 4. The molecule has 4 rings (SSSR count). The van der Waals surface area contributed by atoms with Crippen molar-refractivity contribution in [1.82, 2.24) is 19.1 Å². The number of phenols is 2. The third-order valence-corrected chi connectivity index (χ3v) is 5.53. The Morgan fingerprint density at radius 2 is 2.03 bits per heavy atom. The number of aliphatic hydroxyl groups is 1. The second-order valence-corrected chi connectivity index (χ2v) is 8.12. The molecule has 0 bridgehead atoms. The molecule has 1 atom stereocenters. The van der Waals surface area contributed by atoms with Crippen molar-refractivity contribution >= 4 is 23.3 Å². The van der Waals surface area contributed by atoms with Crippen LogP contribution in [0.25, 0.3) is 11.2 Å². The van der Waals surface area contributed by atoms with E-state index in [4.69, 9.17) is 4.74 Å². The molecule has 0 radical (unpaired) electrons. The van der Waals surface area contributed by atoms with E-state index in [0.717, 1.165) is 12.0 Å². The van der Waals surface area contributed by atoms with Crippen LogP contribution in [0.5, 0.6) is 17.2 Å². The summed E-state index contributed by atoms with van der Waals surface area (Å²) in [5.41, 5.74) is 2.95. The molecule has 1 unspecified atom stereocenters. The van der Waals surface area contributed by atoms with Gasteiger partial charge in [-0.1, -0.05) is 19.1 Å². The van der Waals surface area contributed by atoms with Gasteiger partial charge < -0.3 is 24.6 Å². The van der Waals surface area contributed by atoms with Crippen molar-refractivity contribution in [3.05, 3.63) is 74.4 Å². The minimum absolute atomic E-state index is 0.0550. The Labute approximate surface area is 204 Å². The lowest BCUT2D eigenvalue weighted by atomic mass is 10.2. The van der Waals surface area contributed by atoms with Crippen molar-refractivity contribution in [2.75, 3.05) is 12.0 Å². The summed E-state index contributed by atoms with van der Waals surface area (Å²) in [7, 11) is 1.46. The minimum Gasteiger partial charge on any atom is -0.508 e. The Bertz CT molecular complexity index is 1540. The molecule has 188 valence electrons. The zero-order chi connectivity index (χ0) is 25.8. The number of hydrazone groups is 1. The van der Waals surface area contributed by atoms with Crippen LogP contribution in [0.4, 0.5) is 5.95 Å². The lowest BCUT2D eigenvalue weighted by Crippen LogP contribution is -2.30. The number of aromatic amines is 1. The topological polar surface area (TPSA) is 167 Å². The average Bonchev–Trinajstić information content (AvgIpc) is 3.21. The maximum absolute atomic E-state index is 12.6. The SMILES string of the molecule is CCc1cccc(OCC(O)Cn2c(NN=Cc3ccc(O)cc3O)nc3c2c(=O)[nH]c(=O)n3C)c1. The van der Waals surface area contributed by atoms with Crippen LogP contribution in [0.1, 0.15) is 18.1 Å². The van der Waals surface area contributed by atoms with E-state index < -0.39 is 17.4 Å². The first kappa shape index (κ1) is 24.5. The van der Waals surface area contributed by atoms with E-state index in [0.29, 0.717) is 11.3 Å². The molecule has 5 N–H and O–H groups in total. The number of imidazole rings is 1. The van der Waals surface area contributed by atoms with Crippen LogP contribution in [0.2, 0.25) is 0 Å². The molecule has 12 heteroatoms. The summed E-state index contributed by atoms with van der Waals surface area (Å²) in [4.78, 5) is 31.2. The Morgan fingerprint density at radius 1 is 1.22 bits per heavy atom. The van der Waals surface area contributed by atoms with E-state index in [2.05, 4.69) is 20.5 Å². The summed E-state index contributed by atoms with van der Waals surface area (Å²) in [6, 6.07) is 11.5. The van der Waals surface area contributed by atoms with Crippen LogP contribution in [0.3, 0.4) is 0 Å². The van der Waals surface area contributed by atoms with Gasteiger partial charge in [-0.15, -0.1) is 0 Å². The number of hydrogen-bond acceptors (Lipinski definition) is 9. The Balaban J connectivity index is 1.61. The average molecular weight is 495 g/mol. The number of hydrogen-bond donors (Lipinski definition) is 5. The van der Waals surface area contributed by atoms with E-state index in [9.17, 15) is 24.9 Å². The number of aryl methyl sites for hydroxylation is 2. The highest BCUT2D eigenvalue weighted by molar-refractivity contribution is 5.84. The molecule has 0 saturated heterocycles. The van der Waals surface area contributed by atoms with Crippen LogP contribution >= 0.6 is 0 Å². The van der Waals surface area contributed by atoms with Gasteiger partial charge in [0.15, 0.2) is 11.2 Å². The molecule has 4 aromatic rings. The number of aliphatic hydroxyl groups excluding tert-OH is 1. The first-order valence-corrected chi connectivity index (χ1v) is 11.2. The van der Waals surface area contributed by atoms with Crippen molar-refractivity contribution in [2.24, 2.45) is 12.1 Å². The molecule has 0 amide bonds. The van der Waals surface area contributed by atoms with Crippen molar-refractivity contribution < 1.29 is 20.1 Å². The second-order valence-electron chi connectivity index (χ2n) is 8.12. The van der Waals surface area contributed by atoms with Gasteiger partial charge in [-0.25, -0.2) is 10.2 Å². The normalized spacial score (nSPS) is 12.3. The third-order valence-electron chi connectivity index (χ3n) is 5.53. The molecule has 36 heavy (non-hydrogen) atoms. The van der Waals surface area contributed by atoms with Crippen molar-refractivity contribution in [3.8, 4) is 17.2 Å². The van der Waals surface area contributed by atoms with Gasteiger partial charge in [-0.2, -0.15) is 10.1 Å². The van der Waals surface area contributed by atoms with Gasteiger partial charge in [0.05, 0.1) is 12.8 Å². The number of rotatable bonds is 9. The summed E-state index contributed by atoms with van der Waals surface area (Å²) in [6.07, 6.45) is 1.11. The lowest BCUT2D eigenvalue weighted by Gasteiger charge is -2.15. The Kier molecular flexibility index (Phi) is 7.06. The zero-order valence-electron chi connectivity index (χ0n) is 19.7. The largest absolute Gasteiger partial charge is 0.508 e. The molecule has 0 aliphatic carbocycles.